The average molecular weight is 272 g/mol. The van der Waals surface area contributed by atoms with E-state index in [4.69, 9.17) is 18.9 Å². The first-order valence-corrected chi connectivity index (χ1v) is 5.70. The fourth-order valence-corrected chi connectivity index (χ4v) is 1.59. The number of carbonyl (C=O) groups is 3. The van der Waals surface area contributed by atoms with E-state index >= 15 is 0 Å². The van der Waals surface area contributed by atoms with Gasteiger partial charge >= 0.3 is 17.9 Å². The second-order valence-corrected chi connectivity index (χ2v) is 3.95. The summed E-state index contributed by atoms with van der Waals surface area (Å²) in [6.07, 6.45) is 0.435. The summed E-state index contributed by atoms with van der Waals surface area (Å²) in [5, 5.41) is 0. The molecule has 7 heteroatoms. The molecule has 0 fully saturated rings. The van der Waals surface area contributed by atoms with E-state index in [1.807, 2.05) is 0 Å². The molecule has 1 aliphatic heterocycles. The highest BCUT2D eigenvalue weighted by molar-refractivity contribution is 5.68. The van der Waals surface area contributed by atoms with Gasteiger partial charge in [0.1, 0.15) is 6.61 Å². The fraction of sp³-hybridized carbons (Fsp3) is 0.583. The molecule has 0 aliphatic carbocycles. The van der Waals surface area contributed by atoms with Gasteiger partial charge in [-0.3, -0.25) is 14.4 Å². The fourth-order valence-electron chi connectivity index (χ4n) is 1.59. The van der Waals surface area contributed by atoms with E-state index in [0.717, 1.165) is 0 Å². The molecular weight excluding hydrogens is 256 g/mol. The zero-order valence-corrected chi connectivity index (χ0v) is 11.0. The largest absolute Gasteiger partial charge is 0.491 e. The van der Waals surface area contributed by atoms with Crippen LogP contribution in [0.2, 0.25) is 0 Å². The normalized spacial score (nSPS) is 25.1. The summed E-state index contributed by atoms with van der Waals surface area (Å²) in [6, 6.07) is 0. The average Bonchev–Trinajstić information content (AvgIpc) is 2.28. The van der Waals surface area contributed by atoms with Crippen molar-refractivity contribution < 1.29 is 33.3 Å². The molecule has 0 aromatic heterocycles. The molecular formula is C12H16O7. The van der Waals surface area contributed by atoms with Gasteiger partial charge in [-0.2, -0.15) is 0 Å². The minimum Gasteiger partial charge on any atom is -0.491 e. The van der Waals surface area contributed by atoms with E-state index in [-0.39, 0.29) is 6.61 Å². The summed E-state index contributed by atoms with van der Waals surface area (Å²) in [5.74, 6) is -1.54. The van der Waals surface area contributed by atoms with Crippen LogP contribution in [-0.2, 0) is 33.3 Å². The molecule has 1 rings (SSSR count). The van der Waals surface area contributed by atoms with Crippen LogP contribution in [0, 0.1) is 0 Å². The first-order valence-electron chi connectivity index (χ1n) is 5.70. The van der Waals surface area contributed by atoms with Gasteiger partial charge in [0, 0.05) is 20.8 Å². The minimum atomic E-state index is -0.856. The van der Waals surface area contributed by atoms with Gasteiger partial charge in [0.05, 0.1) is 6.26 Å². The molecule has 106 valence electrons. The van der Waals surface area contributed by atoms with Crippen LogP contribution in [0.25, 0.3) is 0 Å². The Bertz CT molecular complexity index is 388. The van der Waals surface area contributed by atoms with E-state index < -0.39 is 36.2 Å². The summed E-state index contributed by atoms with van der Waals surface area (Å²) in [7, 11) is 0. The maximum Gasteiger partial charge on any atom is 0.303 e. The SMILES string of the molecule is CC(=O)OC[C@@H]1OC=C[C@H](OC(C)=O)[C@@H]1OC(C)=O. The molecule has 0 bridgehead atoms. The monoisotopic (exact) mass is 272 g/mol. The van der Waals surface area contributed by atoms with Crippen molar-refractivity contribution in [3.63, 3.8) is 0 Å². The van der Waals surface area contributed by atoms with Gasteiger partial charge in [0.25, 0.3) is 0 Å². The molecule has 0 aromatic carbocycles. The van der Waals surface area contributed by atoms with Crippen molar-refractivity contribution in [2.45, 2.75) is 39.1 Å². The molecule has 1 aliphatic rings. The number of ether oxygens (including phenoxy) is 4. The Labute approximate surface area is 110 Å². The van der Waals surface area contributed by atoms with Crippen molar-refractivity contribution in [3.8, 4) is 0 Å². The van der Waals surface area contributed by atoms with Gasteiger partial charge < -0.3 is 18.9 Å². The summed E-state index contributed by atoms with van der Waals surface area (Å²) in [5.41, 5.74) is 0. The van der Waals surface area contributed by atoms with Crippen molar-refractivity contribution in [1.29, 1.82) is 0 Å². The lowest BCUT2D eigenvalue weighted by atomic mass is 10.1. The predicted octanol–water partition coefficient (Wildman–Crippen LogP) is 0.325. The van der Waals surface area contributed by atoms with Crippen LogP contribution in [0.4, 0.5) is 0 Å². The smallest absolute Gasteiger partial charge is 0.303 e. The highest BCUT2D eigenvalue weighted by atomic mass is 16.6. The zero-order chi connectivity index (χ0) is 14.4. The third-order valence-corrected chi connectivity index (χ3v) is 2.27. The Morgan fingerprint density at radius 1 is 1.05 bits per heavy atom. The standard InChI is InChI=1S/C12H16O7/c1-7(13)17-6-11-12(19-9(3)15)10(4-5-16-11)18-8(2)14/h4-5,10-12H,6H2,1-3H3/t10-,11-,12-/m0/s1. The van der Waals surface area contributed by atoms with Crippen LogP contribution in [0.5, 0.6) is 0 Å². The van der Waals surface area contributed by atoms with E-state index in [0.29, 0.717) is 0 Å². The Balaban J connectivity index is 2.77. The molecule has 0 unspecified atom stereocenters. The first kappa shape index (κ1) is 15.0. The number of hydrogen-bond donors (Lipinski definition) is 0. The van der Waals surface area contributed by atoms with Gasteiger partial charge in [0.15, 0.2) is 18.3 Å². The lowest BCUT2D eigenvalue weighted by Gasteiger charge is -2.32. The molecule has 0 radical (unpaired) electrons. The third kappa shape index (κ3) is 4.99. The maximum atomic E-state index is 11.1. The number of rotatable bonds is 4. The van der Waals surface area contributed by atoms with Crippen molar-refractivity contribution in [2.24, 2.45) is 0 Å². The molecule has 0 saturated carbocycles. The van der Waals surface area contributed by atoms with E-state index in [1.165, 1.54) is 33.1 Å². The molecule has 0 aromatic rings. The van der Waals surface area contributed by atoms with Gasteiger partial charge in [-0.25, -0.2) is 0 Å². The molecule has 19 heavy (non-hydrogen) atoms. The maximum absolute atomic E-state index is 11.1. The number of carbonyl (C=O) groups excluding carboxylic acids is 3. The minimum absolute atomic E-state index is 0.102. The summed E-state index contributed by atoms with van der Waals surface area (Å²) in [6.45, 7) is 3.62. The molecule has 1 heterocycles. The van der Waals surface area contributed by atoms with E-state index in [9.17, 15) is 14.4 Å². The van der Waals surface area contributed by atoms with Crippen molar-refractivity contribution in [1.82, 2.24) is 0 Å². The van der Waals surface area contributed by atoms with Crippen LogP contribution in [-0.4, -0.2) is 42.8 Å². The second-order valence-electron chi connectivity index (χ2n) is 3.95. The van der Waals surface area contributed by atoms with Crippen molar-refractivity contribution in [2.75, 3.05) is 6.61 Å². The Hall–Kier alpha value is -2.05. The van der Waals surface area contributed by atoms with Crippen LogP contribution >= 0.6 is 0 Å². The van der Waals surface area contributed by atoms with E-state index in [1.54, 1.807) is 0 Å². The molecule has 0 N–H and O–H groups in total. The molecule has 0 saturated heterocycles. The lowest BCUT2D eigenvalue weighted by molar-refractivity contribution is -0.178. The summed E-state index contributed by atoms with van der Waals surface area (Å²) >= 11 is 0. The second kappa shape index (κ2) is 6.77. The van der Waals surface area contributed by atoms with Gasteiger partial charge in [0.2, 0.25) is 0 Å². The first-order chi connectivity index (χ1) is 8.90. The Morgan fingerprint density at radius 3 is 2.21 bits per heavy atom. The summed E-state index contributed by atoms with van der Waals surface area (Å²) < 4.78 is 20.1. The van der Waals surface area contributed by atoms with Crippen LogP contribution in [0.15, 0.2) is 12.3 Å². The van der Waals surface area contributed by atoms with Gasteiger partial charge in [-0.15, -0.1) is 0 Å². The molecule has 7 nitrogen and oxygen atoms in total. The number of esters is 3. The topological polar surface area (TPSA) is 88.1 Å². The van der Waals surface area contributed by atoms with Crippen LogP contribution in [0.1, 0.15) is 20.8 Å². The lowest BCUT2D eigenvalue weighted by Crippen LogP contribution is -2.47. The third-order valence-electron chi connectivity index (χ3n) is 2.27. The highest BCUT2D eigenvalue weighted by Crippen LogP contribution is 2.19. The van der Waals surface area contributed by atoms with Crippen LogP contribution < -0.4 is 0 Å². The zero-order valence-electron chi connectivity index (χ0n) is 11.0. The highest BCUT2D eigenvalue weighted by Gasteiger charge is 2.37. The molecule has 0 amide bonds. The Kier molecular flexibility index (Phi) is 5.35. The predicted molar refractivity (Wildman–Crippen MR) is 61.8 cm³/mol. The van der Waals surface area contributed by atoms with Crippen molar-refractivity contribution >= 4 is 17.9 Å². The van der Waals surface area contributed by atoms with Gasteiger partial charge in [-0.1, -0.05) is 0 Å². The molecule has 3 atom stereocenters. The van der Waals surface area contributed by atoms with Crippen LogP contribution in [0.3, 0.4) is 0 Å². The van der Waals surface area contributed by atoms with Gasteiger partial charge in [-0.05, 0) is 6.08 Å². The van der Waals surface area contributed by atoms with E-state index in [2.05, 4.69) is 0 Å². The quantitative estimate of drug-likeness (QED) is 0.538. The Morgan fingerprint density at radius 2 is 1.68 bits per heavy atom. The summed E-state index contributed by atoms with van der Waals surface area (Å²) in [4.78, 5) is 32.9. The molecule has 0 spiro atoms. The van der Waals surface area contributed by atoms with Crippen molar-refractivity contribution in [3.05, 3.63) is 12.3 Å². The number of hydrogen-bond acceptors (Lipinski definition) is 7.